The highest BCUT2D eigenvalue weighted by Gasteiger charge is 2.48. The van der Waals surface area contributed by atoms with E-state index in [2.05, 4.69) is 0 Å². The molecule has 0 aromatic heterocycles. The Morgan fingerprint density at radius 1 is 0.857 bits per heavy atom. The molecule has 1 aliphatic heterocycles. The fourth-order valence-electron chi connectivity index (χ4n) is 2.20. The Balaban J connectivity index is 2.93. The van der Waals surface area contributed by atoms with Crippen molar-refractivity contribution >= 4 is 20.2 Å². The summed E-state index contributed by atoms with van der Waals surface area (Å²) in [4.78, 5) is 0. The van der Waals surface area contributed by atoms with Crippen molar-refractivity contribution in [3.63, 3.8) is 0 Å². The zero-order valence-electron chi connectivity index (χ0n) is 12.9. The molecule has 0 N–H and O–H groups in total. The minimum atomic E-state index is -3.68. The second-order valence-electron chi connectivity index (χ2n) is 5.58. The number of rotatable bonds is 6. The molecule has 1 fully saturated rings. The Kier molecular flexibility index (Phi) is 5.45. The van der Waals surface area contributed by atoms with Crippen molar-refractivity contribution in [2.45, 2.75) is 57.9 Å². The van der Waals surface area contributed by atoms with Crippen LogP contribution in [0.1, 0.15) is 27.7 Å². The molecule has 4 atom stereocenters. The fraction of sp³-hybridized carbons (Fsp3) is 1.00. The Hall–Kier alpha value is -0.260. The van der Waals surface area contributed by atoms with Crippen LogP contribution in [0, 0.1) is 0 Å². The molecule has 1 rings (SSSR count). The molecule has 21 heavy (non-hydrogen) atoms. The molecule has 8 nitrogen and oxygen atoms in total. The van der Waals surface area contributed by atoms with Crippen molar-refractivity contribution in [3.05, 3.63) is 0 Å². The first-order valence-corrected chi connectivity index (χ1v) is 9.96. The second kappa shape index (κ2) is 6.09. The Bertz CT molecular complexity index is 515. The van der Waals surface area contributed by atoms with Gasteiger partial charge in [-0.15, -0.1) is 0 Å². The third-order valence-electron chi connectivity index (χ3n) is 2.74. The molecule has 1 heterocycles. The minimum absolute atomic E-state index is 0.786. The summed E-state index contributed by atoms with van der Waals surface area (Å²) in [6.45, 7) is 6.30. The van der Waals surface area contributed by atoms with Gasteiger partial charge < -0.3 is 9.47 Å². The van der Waals surface area contributed by atoms with E-state index in [4.69, 9.17) is 17.8 Å². The Morgan fingerprint density at radius 2 is 1.14 bits per heavy atom. The Morgan fingerprint density at radius 3 is 1.38 bits per heavy atom. The summed E-state index contributed by atoms with van der Waals surface area (Å²) in [7, 11) is -7.35. The first kappa shape index (κ1) is 18.8. The highest BCUT2D eigenvalue weighted by Crippen LogP contribution is 2.34. The topological polar surface area (TPSA) is 105 Å². The van der Waals surface area contributed by atoms with Crippen molar-refractivity contribution in [2.75, 3.05) is 12.5 Å². The monoisotopic (exact) mass is 346 g/mol. The van der Waals surface area contributed by atoms with E-state index in [9.17, 15) is 16.8 Å². The minimum Gasteiger partial charge on any atom is -0.342 e. The van der Waals surface area contributed by atoms with Gasteiger partial charge in [0, 0.05) is 0 Å². The molecule has 0 aromatic rings. The first-order chi connectivity index (χ1) is 9.20. The molecule has 0 spiro atoms. The van der Waals surface area contributed by atoms with Gasteiger partial charge >= 0.3 is 0 Å². The van der Waals surface area contributed by atoms with Crippen molar-refractivity contribution in [1.29, 1.82) is 0 Å². The average Bonchev–Trinajstić information content (AvgIpc) is 2.49. The van der Waals surface area contributed by atoms with Crippen LogP contribution in [0.15, 0.2) is 0 Å². The van der Waals surface area contributed by atoms with Crippen LogP contribution >= 0.6 is 0 Å². The van der Waals surface area contributed by atoms with Crippen LogP contribution in [0.4, 0.5) is 0 Å². The van der Waals surface area contributed by atoms with Crippen LogP contribution < -0.4 is 0 Å². The van der Waals surface area contributed by atoms with Crippen molar-refractivity contribution < 1.29 is 34.7 Å². The van der Waals surface area contributed by atoms with Crippen LogP contribution in [-0.2, 0) is 38.1 Å². The van der Waals surface area contributed by atoms with Crippen molar-refractivity contribution in [3.8, 4) is 0 Å². The van der Waals surface area contributed by atoms with Gasteiger partial charge in [0.1, 0.15) is 24.4 Å². The summed E-state index contributed by atoms with van der Waals surface area (Å²) < 4.78 is 65.9. The van der Waals surface area contributed by atoms with Gasteiger partial charge in [-0.2, -0.15) is 16.8 Å². The molecule has 0 bridgehead atoms. The maximum absolute atomic E-state index is 11.2. The van der Waals surface area contributed by atoms with E-state index in [0.717, 1.165) is 12.5 Å². The zero-order valence-corrected chi connectivity index (χ0v) is 14.5. The van der Waals surface area contributed by atoms with Gasteiger partial charge in [0.05, 0.1) is 12.5 Å². The largest absolute Gasteiger partial charge is 0.342 e. The van der Waals surface area contributed by atoms with Crippen molar-refractivity contribution in [2.24, 2.45) is 0 Å². The SMILES string of the molecule is C[C@@H](OS(C)(=O)=O)[C@H]1OC(C)(C)O[C@@H]1[C@@H](C)OS(C)(=O)=O. The maximum Gasteiger partial charge on any atom is 0.264 e. The summed E-state index contributed by atoms with van der Waals surface area (Å²) >= 11 is 0. The highest BCUT2D eigenvalue weighted by atomic mass is 32.2. The van der Waals surface area contributed by atoms with Crippen LogP contribution in [0.3, 0.4) is 0 Å². The normalized spacial score (nSPS) is 29.2. The number of hydrogen-bond acceptors (Lipinski definition) is 8. The van der Waals surface area contributed by atoms with E-state index in [-0.39, 0.29) is 0 Å². The molecule has 0 saturated carbocycles. The second-order valence-corrected chi connectivity index (χ2v) is 8.78. The average molecular weight is 346 g/mol. The first-order valence-electron chi connectivity index (χ1n) is 6.32. The van der Waals surface area contributed by atoms with Crippen LogP contribution in [0.25, 0.3) is 0 Å². The van der Waals surface area contributed by atoms with Gasteiger partial charge in [0.15, 0.2) is 5.79 Å². The standard InChI is InChI=1S/C11H22O8S2/c1-7(18-20(5,12)13)9-10(17-11(3,4)16-9)8(2)19-21(6,14)15/h7-10H,1-6H3/t7-,8-,9-,10-/m1/s1. The van der Waals surface area contributed by atoms with Gasteiger partial charge in [-0.1, -0.05) is 0 Å². The molecule has 1 saturated heterocycles. The molecular formula is C11H22O8S2. The smallest absolute Gasteiger partial charge is 0.264 e. The van der Waals surface area contributed by atoms with Crippen LogP contribution in [-0.4, -0.2) is 59.6 Å². The fourth-order valence-corrected chi connectivity index (χ4v) is 3.53. The molecule has 0 amide bonds. The number of hydrogen-bond donors (Lipinski definition) is 0. The summed E-state index contributed by atoms with van der Waals surface area (Å²) in [5, 5.41) is 0. The summed E-state index contributed by atoms with van der Waals surface area (Å²) in [5.41, 5.74) is 0. The van der Waals surface area contributed by atoms with E-state index < -0.39 is 50.4 Å². The van der Waals surface area contributed by atoms with E-state index in [1.54, 1.807) is 13.8 Å². The lowest BCUT2D eigenvalue weighted by atomic mass is 10.1. The van der Waals surface area contributed by atoms with E-state index in [1.807, 2.05) is 0 Å². The quantitative estimate of drug-likeness (QED) is 0.630. The number of ether oxygens (including phenoxy) is 2. The van der Waals surface area contributed by atoms with Gasteiger partial charge in [0.2, 0.25) is 0 Å². The van der Waals surface area contributed by atoms with E-state index >= 15 is 0 Å². The van der Waals surface area contributed by atoms with Crippen LogP contribution in [0.5, 0.6) is 0 Å². The summed E-state index contributed by atoms with van der Waals surface area (Å²) in [6, 6.07) is 0. The van der Waals surface area contributed by atoms with Crippen molar-refractivity contribution in [1.82, 2.24) is 0 Å². The molecule has 0 unspecified atom stereocenters. The van der Waals surface area contributed by atoms with Gasteiger partial charge in [-0.3, -0.25) is 8.37 Å². The molecule has 0 radical (unpaired) electrons. The highest BCUT2D eigenvalue weighted by molar-refractivity contribution is 7.86. The summed E-state index contributed by atoms with van der Waals surface area (Å²) in [6.07, 6.45) is -1.42. The lowest BCUT2D eigenvalue weighted by molar-refractivity contribution is -0.157. The third kappa shape index (κ3) is 6.17. The molecular weight excluding hydrogens is 324 g/mol. The predicted molar refractivity (Wildman–Crippen MR) is 74.6 cm³/mol. The molecule has 1 aliphatic rings. The summed E-state index contributed by atoms with van der Waals surface area (Å²) in [5.74, 6) is -1.00. The van der Waals surface area contributed by atoms with Gasteiger partial charge in [-0.25, -0.2) is 0 Å². The Labute approximate surface area is 126 Å². The van der Waals surface area contributed by atoms with E-state index in [1.165, 1.54) is 13.8 Å². The third-order valence-corrected chi connectivity index (χ3v) is 4.05. The molecule has 0 aromatic carbocycles. The maximum atomic E-state index is 11.2. The zero-order chi connectivity index (χ0) is 16.6. The lowest BCUT2D eigenvalue weighted by Gasteiger charge is -2.25. The van der Waals surface area contributed by atoms with Gasteiger partial charge in [-0.05, 0) is 27.7 Å². The predicted octanol–water partition coefficient (Wildman–Crippen LogP) is 0.236. The lowest BCUT2D eigenvalue weighted by Crippen LogP contribution is -2.43. The van der Waals surface area contributed by atoms with Crippen LogP contribution in [0.2, 0.25) is 0 Å². The molecule has 10 heteroatoms. The van der Waals surface area contributed by atoms with Gasteiger partial charge in [0.25, 0.3) is 20.2 Å². The molecule has 0 aliphatic carbocycles. The van der Waals surface area contributed by atoms with E-state index in [0.29, 0.717) is 0 Å². The molecule has 126 valence electrons.